The van der Waals surface area contributed by atoms with Crippen molar-refractivity contribution in [2.24, 2.45) is 12.8 Å². The highest BCUT2D eigenvalue weighted by atomic mass is 35.5. The molecule has 0 spiro atoms. The van der Waals surface area contributed by atoms with Crippen molar-refractivity contribution >= 4 is 29.2 Å². The SMILES string of the molecule is Cn1cc(NC(=O)C[C@H](NC(N)=O)c2ccccc2Cl)cn1. The molecular formula is C14H16ClN5O2. The molecule has 1 aromatic heterocycles. The Hall–Kier alpha value is -2.54. The van der Waals surface area contributed by atoms with E-state index in [9.17, 15) is 9.59 Å². The van der Waals surface area contributed by atoms with Crippen molar-refractivity contribution in [2.75, 3.05) is 5.32 Å². The zero-order chi connectivity index (χ0) is 16.1. The van der Waals surface area contributed by atoms with Gasteiger partial charge in [-0.1, -0.05) is 29.8 Å². The van der Waals surface area contributed by atoms with Crippen molar-refractivity contribution in [2.45, 2.75) is 12.5 Å². The standard InChI is InChI=1S/C14H16ClN5O2/c1-20-8-9(7-17-20)18-13(21)6-12(19-14(16)22)10-4-2-3-5-11(10)15/h2-5,7-8,12H,6H2,1H3,(H,18,21)(H3,16,19,22)/t12-/m0/s1. The second-order valence-corrected chi connectivity index (χ2v) is 5.14. The van der Waals surface area contributed by atoms with Gasteiger partial charge < -0.3 is 16.4 Å². The third-order valence-electron chi connectivity index (χ3n) is 2.98. The number of primary amides is 1. The lowest BCUT2D eigenvalue weighted by Crippen LogP contribution is -2.35. The Balaban J connectivity index is 2.11. The number of aromatic nitrogens is 2. The molecule has 0 radical (unpaired) electrons. The number of hydrogen-bond acceptors (Lipinski definition) is 3. The molecule has 4 N–H and O–H groups in total. The monoisotopic (exact) mass is 321 g/mol. The maximum atomic E-state index is 12.1. The van der Waals surface area contributed by atoms with Crippen LogP contribution in [-0.4, -0.2) is 21.7 Å². The molecule has 0 bridgehead atoms. The molecule has 2 aromatic rings. The van der Waals surface area contributed by atoms with Gasteiger partial charge in [-0.25, -0.2) is 4.79 Å². The number of hydrogen-bond donors (Lipinski definition) is 3. The normalized spacial score (nSPS) is 11.7. The van der Waals surface area contributed by atoms with Crippen LogP contribution in [0.15, 0.2) is 36.7 Å². The number of rotatable bonds is 5. The molecule has 7 nitrogen and oxygen atoms in total. The summed E-state index contributed by atoms with van der Waals surface area (Å²) in [6.07, 6.45) is 3.20. The van der Waals surface area contributed by atoms with Gasteiger partial charge in [-0.15, -0.1) is 0 Å². The average molecular weight is 322 g/mol. The Kier molecular flexibility index (Phi) is 5.00. The fourth-order valence-electron chi connectivity index (χ4n) is 2.05. The number of carbonyl (C=O) groups excluding carboxylic acids is 2. The molecule has 2 rings (SSSR count). The van der Waals surface area contributed by atoms with Crippen LogP contribution in [0.25, 0.3) is 0 Å². The van der Waals surface area contributed by atoms with Crippen LogP contribution >= 0.6 is 11.6 Å². The smallest absolute Gasteiger partial charge is 0.312 e. The van der Waals surface area contributed by atoms with Crippen molar-refractivity contribution < 1.29 is 9.59 Å². The van der Waals surface area contributed by atoms with Crippen LogP contribution in [-0.2, 0) is 11.8 Å². The summed E-state index contributed by atoms with van der Waals surface area (Å²) >= 11 is 6.11. The first-order chi connectivity index (χ1) is 10.5. The van der Waals surface area contributed by atoms with E-state index in [0.29, 0.717) is 16.3 Å². The van der Waals surface area contributed by atoms with Crippen molar-refractivity contribution in [1.82, 2.24) is 15.1 Å². The zero-order valence-corrected chi connectivity index (χ0v) is 12.7. The Morgan fingerprint density at radius 2 is 2.14 bits per heavy atom. The molecule has 0 unspecified atom stereocenters. The van der Waals surface area contributed by atoms with Gasteiger partial charge in [-0.05, 0) is 11.6 Å². The molecule has 0 saturated heterocycles. The molecule has 116 valence electrons. The van der Waals surface area contributed by atoms with E-state index in [4.69, 9.17) is 17.3 Å². The topological polar surface area (TPSA) is 102 Å². The minimum atomic E-state index is -0.723. The number of benzene rings is 1. The fraction of sp³-hybridized carbons (Fsp3) is 0.214. The molecule has 1 heterocycles. The number of urea groups is 1. The predicted molar refractivity (Wildman–Crippen MR) is 83.4 cm³/mol. The van der Waals surface area contributed by atoms with Crippen LogP contribution in [0.2, 0.25) is 5.02 Å². The van der Waals surface area contributed by atoms with E-state index in [-0.39, 0.29) is 12.3 Å². The maximum Gasteiger partial charge on any atom is 0.312 e. The number of anilines is 1. The molecule has 3 amide bonds. The van der Waals surface area contributed by atoms with Crippen LogP contribution < -0.4 is 16.4 Å². The molecule has 0 aliphatic heterocycles. The van der Waals surface area contributed by atoms with Crippen LogP contribution in [0.1, 0.15) is 18.0 Å². The molecule has 0 aliphatic rings. The van der Waals surface area contributed by atoms with Gasteiger partial charge in [0.25, 0.3) is 0 Å². The number of halogens is 1. The second kappa shape index (κ2) is 6.95. The van der Waals surface area contributed by atoms with Gasteiger partial charge in [-0.2, -0.15) is 5.10 Å². The van der Waals surface area contributed by atoms with Crippen molar-refractivity contribution in [1.29, 1.82) is 0 Å². The highest BCUT2D eigenvalue weighted by Crippen LogP contribution is 2.25. The summed E-state index contributed by atoms with van der Waals surface area (Å²) in [7, 11) is 1.75. The minimum Gasteiger partial charge on any atom is -0.352 e. The van der Waals surface area contributed by atoms with E-state index in [0.717, 1.165) is 0 Å². The lowest BCUT2D eigenvalue weighted by Gasteiger charge is -2.18. The zero-order valence-electron chi connectivity index (χ0n) is 11.9. The first kappa shape index (κ1) is 15.8. The summed E-state index contributed by atoms with van der Waals surface area (Å²) < 4.78 is 1.57. The van der Waals surface area contributed by atoms with Crippen LogP contribution in [0.5, 0.6) is 0 Å². The number of nitrogens with zero attached hydrogens (tertiary/aromatic N) is 2. The summed E-state index contributed by atoms with van der Waals surface area (Å²) in [5.74, 6) is -0.285. The molecule has 0 fully saturated rings. The summed E-state index contributed by atoms with van der Waals surface area (Å²) in [5, 5.41) is 9.64. The van der Waals surface area contributed by atoms with Gasteiger partial charge in [0.2, 0.25) is 5.91 Å². The summed E-state index contributed by atoms with van der Waals surface area (Å²) in [5.41, 5.74) is 6.38. The van der Waals surface area contributed by atoms with Crippen molar-refractivity contribution in [3.05, 3.63) is 47.2 Å². The lowest BCUT2D eigenvalue weighted by atomic mass is 10.0. The second-order valence-electron chi connectivity index (χ2n) is 4.74. The number of amides is 3. The molecule has 1 atom stereocenters. The third-order valence-corrected chi connectivity index (χ3v) is 3.32. The molecule has 1 aromatic carbocycles. The lowest BCUT2D eigenvalue weighted by molar-refractivity contribution is -0.116. The largest absolute Gasteiger partial charge is 0.352 e. The van der Waals surface area contributed by atoms with E-state index in [1.165, 1.54) is 6.20 Å². The Morgan fingerprint density at radius 1 is 1.41 bits per heavy atom. The van der Waals surface area contributed by atoms with Gasteiger partial charge in [0.1, 0.15) is 0 Å². The minimum absolute atomic E-state index is 0.00156. The van der Waals surface area contributed by atoms with Gasteiger partial charge >= 0.3 is 6.03 Å². The van der Waals surface area contributed by atoms with E-state index in [1.807, 2.05) is 0 Å². The molecule has 0 saturated carbocycles. The molecular weight excluding hydrogens is 306 g/mol. The van der Waals surface area contributed by atoms with Gasteiger partial charge in [0.15, 0.2) is 0 Å². The van der Waals surface area contributed by atoms with Crippen LogP contribution in [0.3, 0.4) is 0 Å². The van der Waals surface area contributed by atoms with Crippen LogP contribution in [0, 0.1) is 0 Å². The quantitative estimate of drug-likeness (QED) is 0.782. The van der Waals surface area contributed by atoms with Crippen molar-refractivity contribution in [3.8, 4) is 0 Å². The molecule has 0 aliphatic carbocycles. The van der Waals surface area contributed by atoms with Crippen LogP contribution in [0.4, 0.5) is 10.5 Å². The summed E-state index contributed by atoms with van der Waals surface area (Å²) in [4.78, 5) is 23.3. The summed E-state index contributed by atoms with van der Waals surface area (Å²) in [6.45, 7) is 0. The van der Waals surface area contributed by atoms with Gasteiger partial charge in [-0.3, -0.25) is 9.48 Å². The molecule has 8 heteroatoms. The Morgan fingerprint density at radius 3 is 2.73 bits per heavy atom. The average Bonchev–Trinajstić information content (AvgIpc) is 2.83. The van der Waals surface area contributed by atoms with Gasteiger partial charge in [0, 0.05) is 18.3 Å². The first-order valence-electron chi connectivity index (χ1n) is 6.54. The van der Waals surface area contributed by atoms with E-state index >= 15 is 0 Å². The predicted octanol–water partition coefficient (Wildman–Crippen LogP) is 1.81. The number of nitrogens with two attached hydrogens (primary N) is 1. The Bertz CT molecular complexity index is 685. The van der Waals surface area contributed by atoms with E-state index in [2.05, 4.69) is 15.7 Å². The van der Waals surface area contributed by atoms with Crippen molar-refractivity contribution in [3.63, 3.8) is 0 Å². The van der Waals surface area contributed by atoms with E-state index in [1.54, 1.807) is 42.2 Å². The highest BCUT2D eigenvalue weighted by molar-refractivity contribution is 6.31. The number of carbonyl (C=O) groups is 2. The highest BCUT2D eigenvalue weighted by Gasteiger charge is 2.20. The number of aryl methyl sites for hydroxylation is 1. The Labute approximate surface area is 132 Å². The molecule has 22 heavy (non-hydrogen) atoms. The first-order valence-corrected chi connectivity index (χ1v) is 6.92. The summed E-state index contributed by atoms with van der Waals surface area (Å²) in [6, 6.07) is 5.63. The van der Waals surface area contributed by atoms with Gasteiger partial charge in [0.05, 0.1) is 24.3 Å². The fourth-order valence-corrected chi connectivity index (χ4v) is 2.32. The third kappa shape index (κ3) is 4.23. The maximum absolute atomic E-state index is 12.1. The van der Waals surface area contributed by atoms with E-state index < -0.39 is 12.1 Å². The number of nitrogens with one attached hydrogen (secondary N) is 2.